The van der Waals surface area contributed by atoms with Crippen LogP contribution in [0, 0.1) is 5.92 Å². The summed E-state index contributed by atoms with van der Waals surface area (Å²) < 4.78 is 0. The topological polar surface area (TPSA) is 45.1 Å². The summed E-state index contributed by atoms with van der Waals surface area (Å²) in [6, 6.07) is 4.16. The molecule has 3 heteroatoms. The SMILES string of the molecule is O[C@@]12CCCC[C@@H]1CCC[C@H]2Nc1cccnc1. The Hall–Kier alpha value is -1.09. The summed E-state index contributed by atoms with van der Waals surface area (Å²) in [5, 5.41) is 14.5. The lowest BCUT2D eigenvalue weighted by Crippen LogP contribution is -2.56. The van der Waals surface area contributed by atoms with E-state index >= 15 is 0 Å². The molecule has 0 spiro atoms. The molecule has 1 heterocycles. The number of nitrogens with zero attached hydrogens (tertiary/aromatic N) is 1. The van der Waals surface area contributed by atoms with Crippen LogP contribution in [0.3, 0.4) is 0 Å². The van der Waals surface area contributed by atoms with Crippen molar-refractivity contribution in [2.24, 2.45) is 5.92 Å². The Bertz CT molecular complexity index is 393. The lowest BCUT2D eigenvalue weighted by molar-refractivity contribution is -0.0835. The maximum atomic E-state index is 11.0. The average molecular weight is 246 g/mol. The normalized spacial score (nSPS) is 35.8. The Morgan fingerprint density at radius 2 is 2.11 bits per heavy atom. The first-order chi connectivity index (χ1) is 8.79. The van der Waals surface area contributed by atoms with Gasteiger partial charge in [0.05, 0.1) is 17.3 Å². The quantitative estimate of drug-likeness (QED) is 0.843. The molecule has 3 rings (SSSR count). The fraction of sp³-hybridized carbons (Fsp3) is 0.667. The third-order valence-corrected chi connectivity index (χ3v) is 4.74. The van der Waals surface area contributed by atoms with Gasteiger partial charge in [0.2, 0.25) is 0 Å². The molecule has 2 N–H and O–H groups in total. The number of hydrogen-bond donors (Lipinski definition) is 2. The zero-order chi connectivity index (χ0) is 12.4. The molecule has 18 heavy (non-hydrogen) atoms. The van der Waals surface area contributed by atoms with E-state index in [0.29, 0.717) is 5.92 Å². The molecular weight excluding hydrogens is 224 g/mol. The minimum absolute atomic E-state index is 0.195. The van der Waals surface area contributed by atoms with Crippen LogP contribution in [0.2, 0.25) is 0 Å². The van der Waals surface area contributed by atoms with Crippen LogP contribution in [-0.4, -0.2) is 21.7 Å². The molecule has 0 saturated heterocycles. The molecule has 0 bridgehead atoms. The van der Waals surface area contributed by atoms with Crippen LogP contribution in [0.15, 0.2) is 24.5 Å². The summed E-state index contributed by atoms with van der Waals surface area (Å²) in [6.07, 6.45) is 11.7. The van der Waals surface area contributed by atoms with E-state index < -0.39 is 5.60 Å². The van der Waals surface area contributed by atoms with E-state index in [0.717, 1.165) is 24.9 Å². The first-order valence-electron chi connectivity index (χ1n) is 7.18. The zero-order valence-electron chi connectivity index (χ0n) is 10.8. The summed E-state index contributed by atoms with van der Waals surface area (Å²) in [5.41, 5.74) is 0.536. The first kappa shape index (κ1) is 12.0. The second kappa shape index (κ2) is 4.88. The third-order valence-electron chi connectivity index (χ3n) is 4.74. The van der Waals surface area contributed by atoms with Gasteiger partial charge < -0.3 is 10.4 Å². The number of nitrogens with one attached hydrogen (secondary N) is 1. The highest BCUT2D eigenvalue weighted by atomic mass is 16.3. The molecule has 1 aromatic rings. The van der Waals surface area contributed by atoms with Crippen LogP contribution >= 0.6 is 0 Å². The van der Waals surface area contributed by atoms with Gasteiger partial charge in [-0.3, -0.25) is 4.98 Å². The molecule has 0 aromatic carbocycles. The number of aliphatic hydroxyl groups is 1. The van der Waals surface area contributed by atoms with E-state index in [2.05, 4.69) is 10.3 Å². The van der Waals surface area contributed by atoms with E-state index in [9.17, 15) is 5.11 Å². The lowest BCUT2D eigenvalue weighted by atomic mass is 9.65. The van der Waals surface area contributed by atoms with Crippen molar-refractivity contribution in [1.29, 1.82) is 0 Å². The molecule has 2 fully saturated rings. The zero-order valence-corrected chi connectivity index (χ0v) is 10.8. The van der Waals surface area contributed by atoms with Crippen molar-refractivity contribution < 1.29 is 5.11 Å². The van der Waals surface area contributed by atoms with Gasteiger partial charge in [0.25, 0.3) is 0 Å². The standard InChI is InChI=1S/C15H22N2O/c18-15-9-2-1-5-12(15)6-3-8-14(15)17-13-7-4-10-16-11-13/h4,7,10-12,14,17-18H,1-3,5-6,8-9H2/t12-,14-,15+/m1/s1. The van der Waals surface area contributed by atoms with Gasteiger partial charge in [-0.15, -0.1) is 0 Å². The Morgan fingerprint density at radius 3 is 2.94 bits per heavy atom. The van der Waals surface area contributed by atoms with Gasteiger partial charge in [-0.25, -0.2) is 0 Å². The van der Waals surface area contributed by atoms with Crippen LogP contribution < -0.4 is 5.32 Å². The van der Waals surface area contributed by atoms with E-state index in [-0.39, 0.29) is 6.04 Å². The maximum Gasteiger partial charge on any atom is 0.0875 e. The van der Waals surface area contributed by atoms with Crippen LogP contribution in [0.4, 0.5) is 5.69 Å². The number of anilines is 1. The summed E-state index contributed by atoms with van der Waals surface area (Å²) in [6.45, 7) is 0. The van der Waals surface area contributed by atoms with Gasteiger partial charge in [0.15, 0.2) is 0 Å². The molecule has 3 atom stereocenters. The Balaban J connectivity index is 1.78. The maximum absolute atomic E-state index is 11.0. The number of fused-ring (bicyclic) bond motifs is 1. The van der Waals surface area contributed by atoms with E-state index in [4.69, 9.17) is 0 Å². The Labute approximate surface area is 109 Å². The van der Waals surface area contributed by atoms with Gasteiger partial charge in [-0.2, -0.15) is 0 Å². The van der Waals surface area contributed by atoms with Gasteiger partial charge >= 0.3 is 0 Å². The highest BCUT2D eigenvalue weighted by Crippen LogP contribution is 2.44. The number of aromatic nitrogens is 1. The molecule has 0 aliphatic heterocycles. The smallest absolute Gasteiger partial charge is 0.0875 e. The second-order valence-electron chi connectivity index (χ2n) is 5.80. The minimum Gasteiger partial charge on any atom is -0.387 e. The molecule has 0 unspecified atom stereocenters. The predicted molar refractivity (Wildman–Crippen MR) is 72.4 cm³/mol. The van der Waals surface area contributed by atoms with Crippen LogP contribution in [0.1, 0.15) is 44.9 Å². The minimum atomic E-state index is -0.494. The second-order valence-corrected chi connectivity index (χ2v) is 5.80. The summed E-state index contributed by atoms with van der Waals surface area (Å²) in [5.74, 6) is 0.495. The lowest BCUT2D eigenvalue weighted by Gasteiger charge is -2.49. The fourth-order valence-corrected chi connectivity index (χ4v) is 3.77. The third kappa shape index (κ3) is 2.12. The molecule has 1 aromatic heterocycles. The molecule has 0 radical (unpaired) electrons. The monoisotopic (exact) mass is 246 g/mol. The van der Waals surface area contributed by atoms with Crippen molar-refractivity contribution in [3.63, 3.8) is 0 Å². The average Bonchev–Trinajstić information content (AvgIpc) is 2.41. The summed E-state index contributed by atoms with van der Waals surface area (Å²) >= 11 is 0. The van der Waals surface area contributed by atoms with Gasteiger partial charge in [-0.1, -0.05) is 19.3 Å². The molecule has 2 saturated carbocycles. The highest BCUT2D eigenvalue weighted by molar-refractivity contribution is 5.42. The van der Waals surface area contributed by atoms with Crippen LogP contribution in [0.5, 0.6) is 0 Å². The van der Waals surface area contributed by atoms with Gasteiger partial charge in [0, 0.05) is 12.4 Å². The van der Waals surface area contributed by atoms with E-state index in [1.165, 1.54) is 25.7 Å². The highest BCUT2D eigenvalue weighted by Gasteiger charge is 2.47. The van der Waals surface area contributed by atoms with Gasteiger partial charge in [0.1, 0.15) is 0 Å². The summed E-state index contributed by atoms with van der Waals surface area (Å²) in [7, 11) is 0. The fourth-order valence-electron chi connectivity index (χ4n) is 3.77. The first-order valence-corrected chi connectivity index (χ1v) is 7.18. The molecule has 3 nitrogen and oxygen atoms in total. The predicted octanol–water partition coefficient (Wildman–Crippen LogP) is 2.97. The molecule has 98 valence electrons. The largest absolute Gasteiger partial charge is 0.387 e. The van der Waals surface area contributed by atoms with E-state index in [1.54, 1.807) is 6.20 Å². The van der Waals surface area contributed by atoms with E-state index in [1.807, 2.05) is 18.3 Å². The number of pyridine rings is 1. The van der Waals surface area contributed by atoms with Crippen molar-refractivity contribution in [3.8, 4) is 0 Å². The Morgan fingerprint density at radius 1 is 1.22 bits per heavy atom. The van der Waals surface area contributed by atoms with Crippen molar-refractivity contribution in [1.82, 2.24) is 4.98 Å². The number of hydrogen-bond acceptors (Lipinski definition) is 3. The summed E-state index contributed by atoms with van der Waals surface area (Å²) in [4.78, 5) is 4.13. The van der Waals surface area contributed by atoms with Gasteiger partial charge in [-0.05, 0) is 43.7 Å². The Kier molecular flexibility index (Phi) is 3.25. The van der Waals surface area contributed by atoms with Crippen molar-refractivity contribution in [2.45, 2.75) is 56.6 Å². The molecule has 0 amide bonds. The van der Waals surface area contributed by atoms with Crippen molar-refractivity contribution in [3.05, 3.63) is 24.5 Å². The molecular formula is C15H22N2O. The van der Waals surface area contributed by atoms with Crippen molar-refractivity contribution >= 4 is 5.69 Å². The van der Waals surface area contributed by atoms with Crippen molar-refractivity contribution in [2.75, 3.05) is 5.32 Å². The number of rotatable bonds is 2. The molecule has 2 aliphatic carbocycles. The molecule has 2 aliphatic rings. The van der Waals surface area contributed by atoms with Crippen LogP contribution in [0.25, 0.3) is 0 Å². The van der Waals surface area contributed by atoms with Crippen LogP contribution in [-0.2, 0) is 0 Å².